The van der Waals surface area contributed by atoms with Crippen molar-refractivity contribution >= 4 is 17.2 Å². The molecule has 0 aromatic heterocycles. The van der Waals surface area contributed by atoms with E-state index in [0.717, 1.165) is 6.42 Å². The Bertz CT molecular complexity index is 604. The second-order valence-electron chi connectivity index (χ2n) is 6.05. The van der Waals surface area contributed by atoms with Crippen LogP contribution in [0.2, 0.25) is 0 Å². The van der Waals surface area contributed by atoms with Crippen molar-refractivity contribution in [1.82, 2.24) is 9.62 Å². The Morgan fingerprint density at radius 1 is 1.43 bits per heavy atom. The Kier molecular flexibility index (Phi) is 5.30. The van der Waals surface area contributed by atoms with Gasteiger partial charge in [-0.25, -0.2) is 4.31 Å². The fourth-order valence-electron chi connectivity index (χ4n) is 2.70. The summed E-state index contributed by atoms with van der Waals surface area (Å²) in [5, 5.41) is 2.93. The summed E-state index contributed by atoms with van der Waals surface area (Å²) in [6.45, 7) is 8.03. The Labute approximate surface area is 139 Å². The molecule has 7 heteroatoms. The third kappa shape index (κ3) is 3.85. The molecular weight excluding hydrogens is 314 g/mol. The average molecular weight is 337 g/mol. The molecule has 1 amide bonds. The largest absolute Gasteiger partial charge is 0.386 e. The van der Waals surface area contributed by atoms with E-state index in [2.05, 4.69) is 11.9 Å². The van der Waals surface area contributed by atoms with E-state index in [9.17, 15) is 9.00 Å². The van der Waals surface area contributed by atoms with Crippen LogP contribution < -0.4 is 15.2 Å². The first-order chi connectivity index (χ1) is 10.8. The number of hydrogen-bond acceptors (Lipinski definition) is 5. The molecule has 0 aliphatic carbocycles. The Hall–Kier alpha value is -2.02. The number of benzene rings is 1. The zero-order chi connectivity index (χ0) is 17.0. The standard InChI is InChI=1S/C16H23N3O3S/c1-12(17)18-11-7-10-14-15(20)19(16(14,2)3)23(21)22-13-8-5-4-6-9-13/h4-6,8-9,14,18H,1,7,10-11,17H2,2-3H3. The van der Waals surface area contributed by atoms with Gasteiger partial charge in [0.15, 0.2) is 0 Å². The van der Waals surface area contributed by atoms with Gasteiger partial charge in [0, 0.05) is 6.54 Å². The molecule has 0 radical (unpaired) electrons. The van der Waals surface area contributed by atoms with Crippen molar-refractivity contribution in [2.75, 3.05) is 6.54 Å². The summed E-state index contributed by atoms with van der Waals surface area (Å²) in [5.74, 6) is 0.584. The van der Waals surface area contributed by atoms with E-state index in [4.69, 9.17) is 9.92 Å². The average Bonchev–Trinajstić information content (AvgIpc) is 2.47. The number of nitrogens with zero attached hydrogens (tertiary/aromatic N) is 1. The summed E-state index contributed by atoms with van der Waals surface area (Å²) in [7, 11) is 0. The molecule has 1 aromatic rings. The lowest BCUT2D eigenvalue weighted by molar-refractivity contribution is -0.154. The first-order valence-corrected chi connectivity index (χ1v) is 8.55. The minimum atomic E-state index is -1.83. The van der Waals surface area contributed by atoms with E-state index in [-0.39, 0.29) is 11.8 Å². The molecule has 126 valence electrons. The van der Waals surface area contributed by atoms with E-state index >= 15 is 0 Å². The molecule has 1 aromatic carbocycles. The monoisotopic (exact) mass is 337 g/mol. The van der Waals surface area contributed by atoms with Gasteiger partial charge in [0.2, 0.25) is 5.91 Å². The van der Waals surface area contributed by atoms with Gasteiger partial charge < -0.3 is 15.2 Å². The molecule has 0 bridgehead atoms. The van der Waals surface area contributed by atoms with Crippen molar-refractivity contribution in [2.45, 2.75) is 32.2 Å². The maximum absolute atomic E-state index is 12.3. The first-order valence-electron chi connectivity index (χ1n) is 7.51. The molecule has 6 nitrogen and oxygen atoms in total. The summed E-state index contributed by atoms with van der Waals surface area (Å²) >= 11 is -1.83. The maximum atomic E-state index is 12.3. The van der Waals surface area contributed by atoms with E-state index in [0.29, 0.717) is 24.5 Å². The smallest absolute Gasteiger partial charge is 0.321 e. The van der Waals surface area contributed by atoms with E-state index < -0.39 is 16.8 Å². The van der Waals surface area contributed by atoms with Crippen LogP contribution >= 0.6 is 0 Å². The highest BCUT2D eigenvalue weighted by Crippen LogP contribution is 2.41. The zero-order valence-corrected chi connectivity index (χ0v) is 14.3. The van der Waals surface area contributed by atoms with E-state index in [1.807, 2.05) is 19.9 Å². The number of β-lactam (4-membered cyclic amide) rings is 1. The molecule has 2 rings (SSSR count). The van der Waals surface area contributed by atoms with Gasteiger partial charge in [-0.1, -0.05) is 24.8 Å². The normalized spacial score (nSPS) is 20.5. The summed E-state index contributed by atoms with van der Waals surface area (Å²) in [5.41, 5.74) is 4.93. The van der Waals surface area contributed by atoms with Crippen LogP contribution in [0.4, 0.5) is 0 Å². The van der Waals surface area contributed by atoms with Gasteiger partial charge in [-0.15, -0.1) is 0 Å². The van der Waals surface area contributed by atoms with Crippen molar-refractivity contribution < 1.29 is 13.2 Å². The minimum Gasteiger partial charge on any atom is -0.386 e. The summed E-state index contributed by atoms with van der Waals surface area (Å²) < 4.78 is 19.0. The van der Waals surface area contributed by atoms with Gasteiger partial charge in [0.1, 0.15) is 5.75 Å². The molecule has 2 unspecified atom stereocenters. The fourth-order valence-corrected chi connectivity index (χ4v) is 3.83. The van der Waals surface area contributed by atoms with Gasteiger partial charge >= 0.3 is 11.3 Å². The number of nitrogens with one attached hydrogen (secondary N) is 1. The lowest BCUT2D eigenvalue weighted by atomic mass is 9.76. The van der Waals surface area contributed by atoms with Crippen molar-refractivity contribution in [3.8, 4) is 5.75 Å². The summed E-state index contributed by atoms with van der Waals surface area (Å²) in [4.78, 5) is 12.3. The third-order valence-electron chi connectivity index (χ3n) is 3.96. The van der Waals surface area contributed by atoms with Crippen molar-refractivity contribution in [2.24, 2.45) is 11.7 Å². The number of rotatable bonds is 8. The number of para-hydroxylation sites is 1. The number of hydrogen-bond donors (Lipinski definition) is 2. The fraction of sp³-hybridized carbons (Fsp3) is 0.438. The predicted molar refractivity (Wildman–Crippen MR) is 90.2 cm³/mol. The van der Waals surface area contributed by atoms with Crippen LogP contribution in [0.1, 0.15) is 26.7 Å². The molecule has 2 atom stereocenters. The van der Waals surface area contributed by atoms with Crippen LogP contribution in [0.25, 0.3) is 0 Å². The van der Waals surface area contributed by atoms with Gasteiger partial charge in [0.05, 0.1) is 17.3 Å². The third-order valence-corrected chi connectivity index (χ3v) is 5.24. The molecule has 1 fully saturated rings. The van der Waals surface area contributed by atoms with Gasteiger partial charge in [-0.05, 0) is 38.8 Å². The van der Waals surface area contributed by atoms with Crippen LogP contribution in [0.15, 0.2) is 42.7 Å². The second kappa shape index (κ2) is 7.04. The molecule has 1 aliphatic heterocycles. The number of amides is 1. The van der Waals surface area contributed by atoms with Gasteiger partial charge in [0.25, 0.3) is 0 Å². The predicted octanol–water partition coefficient (Wildman–Crippen LogP) is 1.68. The molecule has 1 heterocycles. The van der Waals surface area contributed by atoms with Crippen molar-refractivity contribution in [3.05, 3.63) is 42.7 Å². The molecular formula is C16H23N3O3S. The highest BCUT2D eigenvalue weighted by molar-refractivity contribution is 7.78. The molecule has 23 heavy (non-hydrogen) atoms. The van der Waals surface area contributed by atoms with Crippen LogP contribution in [0.5, 0.6) is 5.75 Å². The van der Waals surface area contributed by atoms with Crippen molar-refractivity contribution in [3.63, 3.8) is 0 Å². The molecule has 1 saturated heterocycles. The van der Waals surface area contributed by atoms with Gasteiger partial charge in [-0.2, -0.15) is 4.21 Å². The molecule has 0 spiro atoms. The highest BCUT2D eigenvalue weighted by atomic mass is 32.2. The maximum Gasteiger partial charge on any atom is 0.321 e. The number of carbonyl (C=O) groups excluding carboxylic acids is 1. The second-order valence-corrected chi connectivity index (χ2v) is 7.01. The topological polar surface area (TPSA) is 84.7 Å². The Morgan fingerprint density at radius 2 is 2.09 bits per heavy atom. The van der Waals surface area contributed by atoms with E-state index in [1.54, 1.807) is 24.3 Å². The quantitative estimate of drug-likeness (QED) is 0.557. The van der Waals surface area contributed by atoms with Crippen LogP contribution in [-0.4, -0.2) is 26.5 Å². The SMILES string of the molecule is C=C(N)NCCCC1C(=O)N(S(=O)Oc2ccccc2)C1(C)C. The summed E-state index contributed by atoms with van der Waals surface area (Å²) in [6, 6.07) is 8.83. The van der Waals surface area contributed by atoms with Crippen LogP contribution in [0, 0.1) is 5.92 Å². The summed E-state index contributed by atoms with van der Waals surface area (Å²) in [6.07, 6.45) is 1.49. The van der Waals surface area contributed by atoms with Crippen LogP contribution in [0.3, 0.4) is 0 Å². The lowest BCUT2D eigenvalue weighted by Gasteiger charge is -2.51. The van der Waals surface area contributed by atoms with Crippen molar-refractivity contribution in [1.29, 1.82) is 0 Å². The Balaban J connectivity index is 1.91. The van der Waals surface area contributed by atoms with Crippen LogP contribution in [-0.2, 0) is 16.1 Å². The zero-order valence-electron chi connectivity index (χ0n) is 13.5. The van der Waals surface area contributed by atoms with Gasteiger partial charge in [-0.3, -0.25) is 4.79 Å². The van der Waals surface area contributed by atoms with E-state index in [1.165, 1.54) is 4.31 Å². The minimum absolute atomic E-state index is 0.143. The molecule has 3 N–H and O–H groups in total. The number of carbonyl (C=O) groups is 1. The number of nitrogens with two attached hydrogens (primary N) is 1. The molecule has 1 aliphatic rings. The lowest BCUT2D eigenvalue weighted by Crippen LogP contribution is -2.68. The highest BCUT2D eigenvalue weighted by Gasteiger charge is 2.57. The first kappa shape index (κ1) is 17.3. The Morgan fingerprint density at radius 3 is 2.65 bits per heavy atom. The molecule has 0 saturated carbocycles.